The molecule has 0 bridgehead atoms. The molecule has 0 saturated heterocycles. The van der Waals surface area contributed by atoms with Crippen LogP contribution in [0.1, 0.15) is 5.56 Å². The molecule has 0 unspecified atom stereocenters. The van der Waals surface area contributed by atoms with Crippen LogP contribution in [0, 0.1) is 0 Å². The molecule has 0 aliphatic carbocycles. The van der Waals surface area contributed by atoms with Gasteiger partial charge in [0.1, 0.15) is 0 Å². The molecule has 0 spiro atoms. The summed E-state index contributed by atoms with van der Waals surface area (Å²) >= 11 is 5.37. The third-order valence-electron chi connectivity index (χ3n) is 1.41. The van der Waals surface area contributed by atoms with Crippen molar-refractivity contribution in [2.24, 2.45) is 0 Å². The second kappa shape index (κ2) is 3.43. The summed E-state index contributed by atoms with van der Waals surface area (Å²) in [5.41, 5.74) is 0.0335. The highest BCUT2D eigenvalue weighted by atomic mass is 35.5. The summed E-state index contributed by atoms with van der Waals surface area (Å²) in [4.78, 5) is 0. The maximum atomic E-state index is 12.2. The lowest BCUT2D eigenvalue weighted by Gasteiger charge is -2.11. The fourth-order valence-corrected chi connectivity index (χ4v) is 1.02. The molecule has 1 aromatic carbocycles. The first kappa shape index (κ1) is 10.1. The van der Waals surface area contributed by atoms with Gasteiger partial charge in [0, 0.05) is 5.02 Å². The minimum atomic E-state index is -4.53. The number of nitrogens with one attached hydrogen (secondary N) is 1. The second-order valence-electron chi connectivity index (χ2n) is 2.30. The van der Waals surface area contributed by atoms with E-state index in [1.807, 2.05) is 0 Å². The minimum Gasteiger partial charge on any atom is -0.291 e. The molecule has 1 aromatic rings. The third kappa shape index (κ3) is 2.26. The van der Waals surface area contributed by atoms with Crippen molar-refractivity contribution in [2.75, 3.05) is 5.48 Å². The van der Waals surface area contributed by atoms with E-state index in [1.54, 1.807) is 0 Å². The van der Waals surface area contributed by atoms with E-state index in [9.17, 15) is 13.2 Å². The van der Waals surface area contributed by atoms with Gasteiger partial charge in [0.15, 0.2) is 0 Å². The van der Waals surface area contributed by atoms with E-state index in [1.165, 1.54) is 11.5 Å². The largest absolute Gasteiger partial charge is 0.418 e. The van der Waals surface area contributed by atoms with Gasteiger partial charge in [-0.05, 0) is 18.2 Å². The van der Waals surface area contributed by atoms with Crippen LogP contribution in [0.15, 0.2) is 18.2 Å². The van der Waals surface area contributed by atoms with Crippen LogP contribution in [0.5, 0.6) is 0 Å². The van der Waals surface area contributed by atoms with E-state index < -0.39 is 17.4 Å². The fraction of sp³-hybridized carbons (Fsp3) is 0.143. The summed E-state index contributed by atoms with van der Waals surface area (Å²) in [6, 6.07) is 3.03. The average Bonchev–Trinajstić information content (AvgIpc) is 2.03. The predicted molar refractivity (Wildman–Crippen MR) is 41.9 cm³/mol. The Labute approximate surface area is 76.9 Å². The highest BCUT2D eigenvalue weighted by Gasteiger charge is 2.33. The van der Waals surface area contributed by atoms with Crippen LogP contribution in [0.2, 0.25) is 5.02 Å². The fourth-order valence-electron chi connectivity index (χ4n) is 0.848. The van der Waals surface area contributed by atoms with Crippen molar-refractivity contribution >= 4 is 17.3 Å². The van der Waals surface area contributed by atoms with E-state index in [2.05, 4.69) is 0 Å². The molecular formula is C7H5ClF3NO. The highest BCUT2D eigenvalue weighted by molar-refractivity contribution is 6.30. The van der Waals surface area contributed by atoms with Gasteiger partial charge in [-0.15, -0.1) is 0 Å². The van der Waals surface area contributed by atoms with E-state index in [0.29, 0.717) is 0 Å². The van der Waals surface area contributed by atoms with Crippen LogP contribution in [0.25, 0.3) is 0 Å². The summed E-state index contributed by atoms with van der Waals surface area (Å²) in [5, 5.41) is 8.34. The summed E-state index contributed by atoms with van der Waals surface area (Å²) in [6.07, 6.45) is -4.53. The Morgan fingerprint density at radius 1 is 1.31 bits per heavy atom. The molecule has 0 aliphatic heterocycles. The zero-order chi connectivity index (χ0) is 10.1. The first-order valence-electron chi connectivity index (χ1n) is 3.22. The molecule has 13 heavy (non-hydrogen) atoms. The molecule has 0 fully saturated rings. The van der Waals surface area contributed by atoms with Crippen molar-refractivity contribution in [3.8, 4) is 0 Å². The van der Waals surface area contributed by atoms with Crippen molar-refractivity contribution in [3.05, 3.63) is 28.8 Å². The zero-order valence-corrected chi connectivity index (χ0v) is 6.95. The number of anilines is 1. The smallest absolute Gasteiger partial charge is 0.291 e. The summed E-state index contributed by atoms with van der Waals surface area (Å²) < 4.78 is 36.6. The Kier molecular flexibility index (Phi) is 2.68. The number of hydrogen-bond acceptors (Lipinski definition) is 2. The zero-order valence-electron chi connectivity index (χ0n) is 6.19. The number of halogens is 4. The Bertz CT molecular complexity index is 313. The van der Waals surface area contributed by atoms with Gasteiger partial charge in [-0.3, -0.25) is 10.7 Å². The van der Waals surface area contributed by atoms with Gasteiger partial charge in [-0.1, -0.05) is 11.6 Å². The van der Waals surface area contributed by atoms with Crippen molar-refractivity contribution in [2.45, 2.75) is 6.18 Å². The maximum Gasteiger partial charge on any atom is 0.418 e. The Morgan fingerprint density at radius 2 is 1.92 bits per heavy atom. The van der Waals surface area contributed by atoms with Gasteiger partial charge >= 0.3 is 6.18 Å². The van der Waals surface area contributed by atoms with Crippen LogP contribution in [0.4, 0.5) is 18.9 Å². The molecule has 0 amide bonds. The maximum absolute atomic E-state index is 12.2. The van der Waals surface area contributed by atoms with E-state index in [-0.39, 0.29) is 5.02 Å². The van der Waals surface area contributed by atoms with Gasteiger partial charge in [0.2, 0.25) is 0 Å². The third-order valence-corrected chi connectivity index (χ3v) is 1.64. The van der Waals surface area contributed by atoms with Crippen molar-refractivity contribution in [3.63, 3.8) is 0 Å². The summed E-state index contributed by atoms with van der Waals surface area (Å²) in [5.74, 6) is 0. The first-order valence-corrected chi connectivity index (χ1v) is 3.60. The van der Waals surface area contributed by atoms with Crippen LogP contribution in [0.3, 0.4) is 0 Å². The molecule has 72 valence electrons. The molecule has 2 nitrogen and oxygen atoms in total. The van der Waals surface area contributed by atoms with Gasteiger partial charge < -0.3 is 0 Å². The second-order valence-corrected chi connectivity index (χ2v) is 2.74. The van der Waals surface area contributed by atoms with Crippen LogP contribution >= 0.6 is 11.6 Å². The molecule has 0 saturated carbocycles. The SMILES string of the molecule is ONc1ccc(Cl)cc1C(F)(F)F. The number of benzene rings is 1. The van der Waals surface area contributed by atoms with E-state index in [4.69, 9.17) is 16.8 Å². The van der Waals surface area contributed by atoms with Gasteiger partial charge in [0.05, 0.1) is 11.3 Å². The van der Waals surface area contributed by atoms with Crippen LogP contribution in [-0.2, 0) is 6.18 Å². The molecule has 1 rings (SSSR count). The molecule has 0 aliphatic rings. The Balaban J connectivity index is 3.24. The number of hydrogen-bond donors (Lipinski definition) is 2. The molecule has 2 N–H and O–H groups in total. The molecule has 6 heteroatoms. The van der Waals surface area contributed by atoms with Crippen molar-refractivity contribution < 1.29 is 18.4 Å². The summed E-state index contributed by atoms with van der Waals surface area (Å²) in [6.45, 7) is 0. The summed E-state index contributed by atoms with van der Waals surface area (Å²) in [7, 11) is 0. The molecule has 0 radical (unpaired) electrons. The van der Waals surface area contributed by atoms with Crippen LogP contribution in [-0.4, -0.2) is 5.21 Å². The average molecular weight is 212 g/mol. The van der Waals surface area contributed by atoms with E-state index >= 15 is 0 Å². The van der Waals surface area contributed by atoms with E-state index in [0.717, 1.165) is 12.1 Å². The van der Waals surface area contributed by atoms with Gasteiger partial charge in [0.25, 0.3) is 0 Å². The van der Waals surface area contributed by atoms with Crippen LogP contribution < -0.4 is 5.48 Å². The lowest BCUT2D eigenvalue weighted by molar-refractivity contribution is -0.137. The number of rotatable bonds is 1. The topological polar surface area (TPSA) is 32.3 Å². The monoisotopic (exact) mass is 211 g/mol. The lowest BCUT2D eigenvalue weighted by atomic mass is 10.2. The highest BCUT2D eigenvalue weighted by Crippen LogP contribution is 2.36. The van der Waals surface area contributed by atoms with Gasteiger partial charge in [-0.25, -0.2) is 0 Å². The molecular weight excluding hydrogens is 207 g/mol. The van der Waals surface area contributed by atoms with Gasteiger partial charge in [-0.2, -0.15) is 13.2 Å². The Morgan fingerprint density at radius 3 is 2.38 bits per heavy atom. The quantitative estimate of drug-likeness (QED) is 0.700. The Hall–Kier alpha value is -0.940. The standard InChI is InChI=1S/C7H5ClF3NO/c8-4-1-2-6(12-13)5(3-4)7(9,10)11/h1-3,12-13H. The predicted octanol–water partition coefficient (Wildman–Crippen LogP) is 3.16. The minimum absolute atomic E-state index is 0.0358. The first-order chi connectivity index (χ1) is 5.95. The van der Waals surface area contributed by atoms with Crippen molar-refractivity contribution in [1.82, 2.24) is 0 Å². The lowest BCUT2D eigenvalue weighted by Crippen LogP contribution is -2.08. The normalized spacial score (nSPS) is 11.5. The molecule has 0 heterocycles. The molecule has 0 atom stereocenters. The number of alkyl halides is 3. The molecule has 0 aromatic heterocycles. The van der Waals surface area contributed by atoms with Crippen molar-refractivity contribution in [1.29, 1.82) is 0 Å².